The van der Waals surface area contributed by atoms with Crippen LogP contribution in [0.3, 0.4) is 0 Å². The third kappa shape index (κ3) is 3.31. The first-order valence-electron chi connectivity index (χ1n) is 2.35. The molecular formula is C6H6ArClN. The Hall–Kier alpha value is 0.570. The van der Waals surface area contributed by atoms with Crippen molar-refractivity contribution in [1.82, 2.24) is 0 Å². The molecule has 0 aliphatic carbocycles. The van der Waals surface area contributed by atoms with Gasteiger partial charge in [-0.3, -0.25) is 4.84 Å². The summed E-state index contributed by atoms with van der Waals surface area (Å²) < 4.78 is 0. The summed E-state index contributed by atoms with van der Waals surface area (Å²) in [5, 5.41) is 0. The van der Waals surface area contributed by atoms with Gasteiger partial charge in [0.25, 0.3) is 0 Å². The molecule has 0 aromatic heterocycles. The van der Waals surface area contributed by atoms with E-state index in [-0.39, 0.29) is 37.7 Å². The van der Waals surface area contributed by atoms with E-state index in [0.717, 1.165) is 5.69 Å². The van der Waals surface area contributed by atoms with Crippen LogP contribution in [0.1, 0.15) is 0 Å². The number of benzene rings is 1. The van der Waals surface area contributed by atoms with E-state index < -0.39 is 0 Å². The maximum Gasteiger partial charge on any atom is 0.0491 e. The Labute approximate surface area is 89.5 Å². The standard InChI is InChI=1S/C6H6ClN.Ar/c7-8-6-4-2-1-3-5-6;/h1-5,8H;. The zero-order valence-corrected chi connectivity index (χ0v) is 6.08. The first-order chi connectivity index (χ1) is 3.93. The second-order valence-corrected chi connectivity index (χ2v) is 1.65. The summed E-state index contributed by atoms with van der Waals surface area (Å²) in [5.41, 5.74) is 0.925. The second kappa shape index (κ2) is 5.36. The molecule has 0 radical (unpaired) electrons. The zero-order chi connectivity index (χ0) is 5.82. The van der Waals surface area contributed by atoms with Crippen molar-refractivity contribution in [3.05, 3.63) is 30.3 Å². The van der Waals surface area contributed by atoms with E-state index in [2.05, 4.69) is 4.84 Å². The number of anilines is 1. The molecule has 0 saturated heterocycles. The normalized spacial score (nSPS) is 7.67. The van der Waals surface area contributed by atoms with E-state index in [1.807, 2.05) is 30.3 Å². The molecule has 0 atom stereocenters. The van der Waals surface area contributed by atoms with Crippen LogP contribution < -0.4 is 4.84 Å². The Kier molecular flexibility index (Phi) is 5.70. The molecule has 0 aliphatic heterocycles. The van der Waals surface area contributed by atoms with Crippen LogP contribution in [0.5, 0.6) is 0 Å². The molecular weight excluding hydrogens is 161 g/mol. The second-order valence-electron chi connectivity index (χ2n) is 1.46. The molecule has 0 heterocycles. The van der Waals surface area contributed by atoms with Crippen LogP contribution in [0, 0.1) is 37.7 Å². The van der Waals surface area contributed by atoms with E-state index in [1.165, 1.54) is 0 Å². The van der Waals surface area contributed by atoms with Crippen LogP contribution in [0.15, 0.2) is 30.3 Å². The number of hydrogen-bond acceptors (Lipinski definition) is 1. The van der Waals surface area contributed by atoms with Crippen LogP contribution in [-0.4, -0.2) is 0 Å². The van der Waals surface area contributed by atoms with E-state index in [1.54, 1.807) is 0 Å². The molecule has 0 spiro atoms. The maximum absolute atomic E-state index is 5.28. The molecule has 0 bridgehead atoms. The Bertz CT molecular complexity index is 154. The predicted octanol–water partition coefficient (Wildman–Crippen LogP) is 2.25. The number of para-hydroxylation sites is 1. The molecule has 0 amide bonds. The first-order valence-corrected chi connectivity index (χ1v) is 2.73. The molecule has 0 saturated carbocycles. The van der Waals surface area contributed by atoms with Crippen molar-refractivity contribution in [3.63, 3.8) is 0 Å². The van der Waals surface area contributed by atoms with Gasteiger partial charge >= 0.3 is 0 Å². The summed E-state index contributed by atoms with van der Waals surface area (Å²) >= 11 is 5.28. The molecule has 3 heteroatoms. The van der Waals surface area contributed by atoms with Crippen molar-refractivity contribution in [2.24, 2.45) is 0 Å². The minimum Gasteiger partial charge on any atom is -0.299 e. The first kappa shape index (κ1) is 9.57. The van der Waals surface area contributed by atoms with Crippen molar-refractivity contribution in [3.8, 4) is 0 Å². The fourth-order valence-electron chi connectivity index (χ4n) is 0.501. The van der Waals surface area contributed by atoms with Crippen LogP contribution in [0.25, 0.3) is 0 Å². The quantitative estimate of drug-likeness (QED) is 0.633. The molecule has 1 aromatic carbocycles. The Balaban J connectivity index is 0.000000640. The van der Waals surface area contributed by atoms with E-state index in [9.17, 15) is 0 Å². The van der Waals surface area contributed by atoms with Gasteiger partial charge in [-0.15, -0.1) is 0 Å². The average Bonchev–Trinajstić information content (AvgIpc) is 1.90. The van der Waals surface area contributed by atoms with Gasteiger partial charge < -0.3 is 0 Å². The summed E-state index contributed by atoms with van der Waals surface area (Å²) in [6, 6.07) is 9.58. The molecule has 50 valence electrons. The van der Waals surface area contributed by atoms with Crippen LogP contribution in [0.2, 0.25) is 0 Å². The minimum absolute atomic E-state index is 0. The van der Waals surface area contributed by atoms with Gasteiger partial charge in [0, 0.05) is 55.2 Å². The number of rotatable bonds is 1. The van der Waals surface area contributed by atoms with Crippen molar-refractivity contribution >= 4 is 17.5 Å². The van der Waals surface area contributed by atoms with Gasteiger partial charge in [-0.1, -0.05) is 18.2 Å². The molecule has 9 heavy (non-hydrogen) atoms. The average molecular weight is 168 g/mol. The topological polar surface area (TPSA) is 12.0 Å². The predicted molar refractivity (Wildman–Crippen MR) is 35.9 cm³/mol. The van der Waals surface area contributed by atoms with Crippen LogP contribution >= 0.6 is 11.8 Å². The SMILES string of the molecule is ClNc1ccccc1.[Ar]. The number of halogens is 1. The summed E-state index contributed by atoms with van der Waals surface area (Å²) in [6.45, 7) is 0. The zero-order valence-electron chi connectivity index (χ0n) is 4.62. The minimum atomic E-state index is 0. The van der Waals surface area contributed by atoms with Gasteiger partial charge in [0.2, 0.25) is 0 Å². The van der Waals surface area contributed by atoms with Crippen molar-refractivity contribution in [2.45, 2.75) is 0 Å². The summed E-state index contributed by atoms with van der Waals surface area (Å²) in [7, 11) is 0. The van der Waals surface area contributed by atoms with Gasteiger partial charge in [-0.2, -0.15) is 0 Å². The molecule has 1 N–H and O–H groups in total. The van der Waals surface area contributed by atoms with Gasteiger partial charge in [0.05, 0.1) is 0 Å². The van der Waals surface area contributed by atoms with Crippen molar-refractivity contribution in [2.75, 3.05) is 4.84 Å². The van der Waals surface area contributed by atoms with Gasteiger partial charge in [0.1, 0.15) is 0 Å². The molecule has 0 aliphatic rings. The van der Waals surface area contributed by atoms with Gasteiger partial charge in [-0.25, -0.2) is 0 Å². The smallest absolute Gasteiger partial charge is 0.0491 e. The maximum atomic E-state index is 5.28. The number of hydrogen-bond donors (Lipinski definition) is 1. The number of nitrogens with one attached hydrogen (secondary N) is 1. The molecule has 0 unspecified atom stereocenters. The Morgan fingerprint density at radius 3 is 2.00 bits per heavy atom. The summed E-state index contributed by atoms with van der Waals surface area (Å²) in [5.74, 6) is 0. The third-order valence-electron chi connectivity index (χ3n) is 0.883. The summed E-state index contributed by atoms with van der Waals surface area (Å²) in [6.07, 6.45) is 0. The fraction of sp³-hybridized carbons (Fsp3) is 0. The largest absolute Gasteiger partial charge is 0.299 e. The van der Waals surface area contributed by atoms with E-state index in [4.69, 9.17) is 11.8 Å². The summed E-state index contributed by atoms with van der Waals surface area (Å²) in [4.78, 5) is 2.50. The molecule has 1 rings (SSSR count). The van der Waals surface area contributed by atoms with Crippen molar-refractivity contribution < 1.29 is 37.7 Å². The third-order valence-corrected chi connectivity index (χ3v) is 1.10. The van der Waals surface area contributed by atoms with E-state index in [0.29, 0.717) is 0 Å². The van der Waals surface area contributed by atoms with Crippen LogP contribution in [0.4, 0.5) is 5.69 Å². The molecule has 0 fully saturated rings. The molecule has 1 nitrogen and oxygen atoms in total. The van der Waals surface area contributed by atoms with Gasteiger partial charge in [-0.05, 0) is 12.1 Å². The monoisotopic (exact) mass is 167 g/mol. The van der Waals surface area contributed by atoms with Crippen molar-refractivity contribution in [1.29, 1.82) is 0 Å². The van der Waals surface area contributed by atoms with Crippen LogP contribution in [-0.2, 0) is 0 Å². The molecule has 1 aromatic rings. The van der Waals surface area contributed by atoms with E-state index >= 15 is 0 Å². The fourth-order valence-corrected chi connectivity index (χ4v) is 0.627. The Morgan fingerprint density at radius 2 is 1.67 bits per heavy atom. The Morgan fingerprint density at radius 1 is 1.11 bits per heavy atom. The van der Waals surface area contributed by atoms with Gasteiger partial charge in [0.15, 0.2) is 0 Å².